The van der Waals surface area contributed by atoms with Crippen LogP contribution >= 0.6 is 11.6 Å². The zero-order chi connectivity index (χ0) is 25.4. The van der Waals surface area contributed by atoms with Gasteiger partial charge in [0, 0.05) is 53.0 Å². The second-order valence-corrected chi connectivity index (χ2v) is 9.88. The highest BCUT2D eigenvalue weighted by atomic mass is 35.5. The SMILES string of the molecule is CC(C)CCNc1cncc(-c2cnc3n[nH]c(-c4nc5c(-c6cccc(Cl)c6)cncc5[nH]4)c3c2)c1. The standard InChI is InChI=1S/C28H25ClN8/c1-16(2)6-7-32-21-9-18(11-30-13-21)19-10-22-26(36-37-27(22)33-12-19)28-34-24-15-31-14-23(25(24)35-28)17-4-3-5-20(29)8-17/h3-5,8-16,32H,6-7H2,1-2H3,(H,34,35)(H,33,36,37). The van der Waals surface area contributed by atoms with Crippen LogP contribution in [0.3, 0.4) is 0 Å². The topological polar surface area (TPSA) is 108 Å². The molecule has 0 saturated heterocycles. The smallest absolute Gasteiger partial charge is 0.181 e. The average molecular weight is 509 g/mol. The van der Waals surface area contributed by atoms with Crippen LogP contribution in [-0.4, -0.2) is 41.7 Å². The van der Waals surface area contributed by atoms with E-state index in [1.54, 1.807) is 12.4 Å². The molecule has 0 aliphatic heterocycles. The number of aromatic nitrogens is 7. The fraction of sp³-hybridized carbons (Fsp3) is 0.179. The number of pyridine rings is 3. The zero-order valence-corrected chi connectivity index (χ0v) is 21.2. The first-order valence-electron chi connectivity index (χ1n) is 12.2. The molecule has 0 aliphatic rings. The highest BCUT2D eigenvalue weighted by molar-refractivity contribution is 6.30. The van der Waals surface area contributed by atoms with E-state index in [2.05, 4.69) is 61.4 Å². The van der Waals surface area contributed by atoms with Crippen molar-refractivity contribution in [2.75, 3.05) is 11.9 Å². The molecule has 0 spiro atoms. The number of nitrogens with zero attached hydrogens (tertiary/aromatic N) is 5. The van der Waals surface area contributed by atoms with Crippen molar-refractivity contribution >= 4 is 39.4 Å². The molecule has 5 aromatic heterocycles. The zero-order valence-electron chi connectivity index (χ0n) is 20.5. The lowest BCUT2D eigenvalue weighted by Gasteiger charge is -2.09. The van der Waals surface area contributed by atoms with Gasteiger partial charge in [-0.25, -0.2) is 9.97 Å². The summed E-state index contributed by atoms with van der Waals surface area (Å²) in [5.41, 5.74) is 7.79. The number of halogens is 1. The lowest BCUT2D eigenvalue weighted by molar-refractivity contribution is 0.607. The molecule has 6 aromatic rings. The molecule has 1 aromatic carbocycles. The Morgan fingerprint density at radius 2 is 1.81 bits per heavy atom. The van der Waals surface area contributed by atoms with Crippen molar-refractivity contribution in [2.24, 2.45) is 5.92 Å². The summed E-state index contributed by atoms with van der Waals surface area (Å²) in [5, 5.41) is 12.5. The lowest BCUT2D eigenvalue weighted by atomic mass is 10.1. The third-order valence-electron chi connectivity index (χ3n) is 6.30. The Balaban J connectivity index is 1.38. The maximum Gasteiger partial charge on any atom is 0.181 e. The Bertz CT molecular complexity index is 1720. The number of hydrogen-bond donors (Lipinski definition) is 3. The summed E-state index contributed by atoms with van der Waals surface area (Å²) < 4.78 is 0. The van der Waals surface area contributed by atoms with Crippen LogP contribution in [0.15, 0.2) is 67.4 Å². The van der Waals surface area contributed by atoms with E-state index < -0.39 is 0 Å². The summed E-state index contributed by atoms with van der Waals surface area (Å²) in [6, 6.07) is 11.8. The molecule has 9 heteroatoms. The van der Waals surface area contributed by atoms with Gasteiger partial charge in [0.05, 0.1) is 28.3 Å². The number of imidazole rings is 1. The molecule has 0 fully saturated rings. The van der Waals surface area contributed by atoms with E-state index in [1.807, 2.05) is 42.9 Å². The Morgan fingerprint density at radius 1 is 0.946 bits per heavy atom. The number of aromatic amines is 2. The summed E-state index contributed by atoms with van der Waals surface area (Å²) in [6.45, 7) is 5.34. The first-order chi connectivity index (χ1) is 18.0. The van der Waals surface area contributed by atoms with Crippen LogP contribution in [0.25, 0.3) is 55.8 Å². The third kappa shape index (κ3) is 4.63. The number of anilines is 1. The van der Waals surface area contributed by atoms with E-state index in [-0.39, 0.29) is 0 Å². The van der Waals surface area contributed by atoms with Gasteiger partial charge in [-0.3, -0.25) is 15.1 Å². The molecule has 8 nitrogen and oxygen atoms in total. The predicted octanol–water partition coefficient (Wildman–Crippen LogP) is 6.74. The highest BCUT2D eigenvalue weighted by Crippen LogP contribution is 2.33. The van der Waals surface area contributed by atoms with Crippen LogP contribution < -0.4 is 5.32 Å². The maximum absolute atomic E-state index is 6.23. The van der Waals surface area contributed by atoms with E-state index >= 15 is 0 Å². The number of hydrogen-bond acceptors (Lipinski definition) is 6. The normalized spacial score (nSPS) is 11.6. The Kier molecular flexibility index (Phi) is 6.02. The quantitative estimate of drug-likeness (QED) is 0.220. The first-order valence-corrected chi connectivity index (χ1v) is 12.6. The molecule has 3 N–H and O–H groups in total. The predicted molar refractivity (Wildman–Crippen MR) is 148 cm³/mol. The van der Waals surface area contributed by atoms with Crippen LogP contribution in [0.5, 0.6) is 0 Å². The van der Waals surface area contributed by atoms with Gasteiger partial charge in [-0.1, -0.05) is 37.6 Å². The summed E-state index contributed by atoms with van der Waals surface area (Å²) >= 11 is 6.23. The molecule has 0 radical (unpaired) electrons. The monoisotopic (exact) mass is 508 g/mol. The van der Waals surface area contributed by atoms with Crippen LogP contribution in [-0.2, 0) is 0 Å². The molecule has 6 rings (SSSR count). The second kappa shape index (κ2) is 9.63. The molecular weight excluding hydrogens is 484 g/mol. The highest BCUT2D eigenvalue weighted by Gasteiger charge is 2.16. The third-order valence-corrected chi connectivity index (χ3v) is 6.53. The van der Waals surface area contributed by atoms with Gasteiger partial charge in [0.1, 0.15) is 5.69 Å². The van der Waals surface area contributed by atoms with Gasteiger partial charge in [0.2, 0.25) is 0 Å². The maximum atomic E-state index is 6.23. The van der Waals surface area contributed by atoms with Gasteiger partial charge in [0.25, 0.3) is 0 Å². The van der Waals surface area contributed by atoms with Crippen molar-refractivity contribution in [3.8, 4) is 33.8 Å². The van der Waals surface area contributed by atoms with Crippen molar-refractivity contribution in [3.05, 3.63) is 72.4 Å². The lowest BCUT2D eigenvalue weighted by Crippen LogP contribution is -2.05. The fourth-order valence-corrected chi connectivity index (χ4v) is 4.55. The number of benzene rings is 1. The summed E-state index contributed by atoms with van der Waals surface area (Å²) in [6.07, 6.45) is 10.2. The van der Waals surface area contributed by atoms with E-state index in [0.29, 0.717) is 22.4 Å². The molecule has 5 heterocycles. The molecule has 0 unspecified atom stereocenters. The molecule has 0 bridgehead atoms. The minimum absolute atomic E-state index is 0.617. The molecule has 0 saturated carbocycles. The Labute approximate surface area is 218 Å². The van der Waals surface area contributed by atoms with Crippen molar-refractivity contribution in [2.45, 2.75) is 20.3 Å². The average Bonchev–Trinajstić information content (AvgIpc) is 3.52. The molecule has 0 aliphatic carbocycles. The van der Waals surface area contributed by atoms with Gasteiger partial charge in [0.15, 0.2) is 11.5 Å². The van der Waals surface area contributed by atoms with Gasteiger partial charge in [-0.15, -0.1) is 0 Å². The van der Waals surface area contributed by atoms with E-state index in [4.69, 9.17) is 16.6 Å². The van der Waals surface area contributed by atoms with Crippen LogP contribution in [0.1, 0.15) is 20.3 Å². The minimum atomic E-state index is 0.617. The summed E-state index contributed by atoms with van der Waals surface area (Å²) in [5.74, 6) is 1.31. The van der Waals surface area contributed by atoms with E-state index in [1.165, 1.54) is 0 Å². The van der Waals surface area contributed by atoms with Crippen LogP contribution in [0.4, 0.5) is 5.69 Å². The summed E-state index contributed by atoms with van der Waals surface area (Å²) in [7, 11) is 0. The molecule has 0 atom stereocenters. The molecule has 184 valence electrons. The van der Waals surface area contributed by atoms with Crippen LogP contribution in [0, 0.1) is 5.92 Å². The van der Waals surface area contributed by atoms with Gasteiger partial charge in [-0.05, 0) is 42.2 Å². The van der Waals surface area contributed by atoms with Gasteiger partial charge >= 0.3 is 0 Å². The molecule has 0 amide bonds. The number of rotatable bonds is 7. The van der Waals surface area contributed by atoms with Crippen molar-refractivity contribution < 1.29 is 0 Å². The number of nitrogens with one attached hydrogen (secondary N) is 3. The van der Waals surface area contributed by atoms with Gasteiger partial charge < -0.3 is 10.3 Å². The fourth-order valence-electron chi connectivity index (χ4n) is 4.36. The van der Waals surface area contributed by atoms with Gasteiger partial charge in [-0.2, -0.15) is 5.10 Å². The minimum Gasteiger partial charge on any atom is -0.384 e. The Hall–Kier alpha value is -4.30. The van der Waals surface area contributed by atoms with Crippen molar-refractivity contribution in [3.63, 3.8) is 0 Å². The van der Waals surface area contributed by atoms with Crippen LogP contribution in [0.2, 0.25) is 5.02 Å². The number of H-pyrrole nitrogens is 2. The summed E-state index contributed by atoms with van der Waals surface area (Å²) in [4.78, 5) is 21.7. The largest absolute Gasteiger partial charge is 0.384 e. The first kappa shape index (κ1) is 23.1. The van der Waals surface area contributed by atoms with E-state index in [0.717, 1.165) is 63.0 Å². The van der Waals surface area contributed by atoms with E-state index in [9.17, 15) is 0 Å². The van der Waals surface area contributed by atoms with Crippen molar-refractivity contribution in [1.82, 2.24) is 35.1 Å². The molecular formula is C28H25ClN8. The molecule has 37 heavy (non-hydrogen) atoms. The second-order valence-electron chi connectivity index (χ2n) is 9.44. The Morgan fingerprint density at radius 3 is 2.68 bits per heavy atom. The number of fused-ring (bicyclic) bond motifs is 2. The van der Waals surface area contributed by atoms with Crippen molar-refractivity contribution in [1.29, 1.82) is 0 Å².